The molecule has 214 valence electrons. The largest absolute Gasteiger partial charge is 0.457 e. The second kappa shape index (κ2) is 11.3. The molecule has 4 heterocycles. The minimum absolute atomic E-state index is 0.494. The minimum Gasteiger partial charge on any atom is -0.457 e. The van der Waals surface area contributed by atoms with Gasteiger partial charge in [0.05, 0.1) is 22.4 Å². The summed E-state index contributed by atoms with van der Waals surface area (Å²) in [4.78, 5) is 21.9. The number of hydrogen-bond acceptors (Lipinski definition) is 7. The van der Waals surface area contributed by atoms with E-state index in [2.05, 4.69) is 37.1 Å². The number of hydrogen-bond donors (Lipinski definition) is 0. The van der Waals surface area contributed by atoms with Crippen LogP contribution < -0.4 is 9.47 Å². The Labute approximate surface area is 258 Å². The third-order valence-electron chi connectivity index (χ3n) is 7.45. The number of nitrogens with zero attached hydrogens (tertiary/aromatic N) is 6. The Morgan fingerprint density at radius 3 is 1.44 bits per heavy atom. The Hall–Kier alpha value is -6.41. The first kappa shape index (κ1) is 26.2. The Bertz CT molecular complexity index is 2130. The summed E-state index contributed by atoms with van der Waals surface area (Å²) >= 11 is 0. The summed E-state index contributed by atoms with van der Waals surface area (Å²) in [6.45, 7) is 0. The van der Waals surface area contributed by atoms with Crippen molar-refractivity contribution in [3.63, 3.8) is 0 Å². The van der Waals surface area contributed by atoms with Gasteiger partial charge in [0.15, 0.2) is 0 Å². The molecular weight excluding hydrogens is 560 g/mol. The van der Waals surface area contributed by atoms with Crippen LogP contribution in [-0.4, -0.2) is 29.5 Å². The standard InChI is InChI=1S/C37H24N6O2/c1-3-17-39-33(11-1)25-7-5-9-27(19-25)44-29-13-15-31-32-16-14-30(22-36(32)43(35(31)21-29)37-41-23-38-24-42-37)45-28-10-6-8-26(20-28)34-12-2-4-18-40-34/h1-24H. The van der Waals surface area contributed by atoms with E-state index in [0.29, 0.717) is 28.9 Å². The van der Waals surface area contributed by atoms with Gasteiger partial charge in [0.25, 0.3) is 0 Å². The maximum absolute atomic E-state index is 6.36. The van der Waals surface area contributed by atoms with E-state index in [1.165, 1.54) is 12.7 Å². The smallest absolute Gasteiger partial charge is 0.237 e. The van der Waals surface area contributed by atoms with Crippen molar-refractivity contribution in [2.45, 2.75) is 0 Å². The SMILES string of the molecule is c1ccc(-c2cccc(Oc3ccc4c5ccc(Oc6cccc(-c7ccccn7)c6)cc5n(-c5ncncn5)c4c3)c2)nc1. The first-order valence-electron chi connectivity index (χ1n) is 14.4. The van der Waals surface area contributed by atoms with Crippen LogP contribution in [0, 0.1) is 0 Å². The highest BCUT2D eigenvalue weighted by atomic mass is 16.5. The van der Waals surface area contributed by atoms with Crippen molar-refractivity contribution in [3.05, 3.63) is 146 Å². The van der Waals surface area contributed by atoms with Crippen LogP contribution >= 0.6 is 0 Å². The molecule has 0 aliphatic rings. The van der Waals surface area contributed by atoms with Crippen LogP contribution in [0.5, 0.6) is 23.0 Å². The van der Waals surface area contributed by atoms with E-state index >= 15 is 0 Å². The fourth-order valence-electron chi connectivity index (χ4n) is 5.45. The number of ether oxygens (including phenoxy) is 2. The summed E-state index contributed by atoms with van der Waals surface area (Å²) in [7, 11) is 0. The fourth-order valence-corrected chi connectivity index (χ4v) is 5.45. The van der Waals surface area contributed by atoms with Gasteiger partial charge in [-0.3, -0.25) is 14.5 Å². The lowest BCUT2D eigenvalue weighted by Gasteiger charge is -2.10. The molecule has 0 aliphatic carbocycles. The molecule has 0 N–H and O–H groups in total. The van der Waals surface area contributed by atoms with Gasteiger partial charge in [0, 0.05) is 46.4 Å². The van der Waals surface area contributed by atoms with Gasteiger partial charge < -0.3 is 9.47 Å². The van der Waals surface area contributed by atoms with Crippen LogP contribution in [0.2, 0.25) is 0 Å². The van der Waals surface area contributed by atoms with Crippen molar-refractivity contribution in [1.29, 1.82) is 0 Å². The van der Waals surface area contributed by atoms with Crippen LogP contribution in [0.4, 0.5) is 0 Å². The summed E-state index contributed by atoms with van der Waals surface area (Å²) in [6, 6.07) is 39.6. The number of benzene rings is 4. The maximum Gasteiger partial charge on any atom is 0.237 e. The summed E-state index contributed by atoms with van der Waals surface area (Å²) in [5.74, 6) is 3.28. The van der Waals surface area contributed by atoms with Crippen molar-refractivity contribution in [2.75, 3.05) is 0 Å². The van der Waals surface area contributed by atoms with Gasteiger partial charge in [-0.2, -0.15) is 0 Å². The van der Waals surface area contributed by atoms with Crippen LogP contribution in [-0.2, 0) is 0 Å². The Balaban J connectivity index is 1.19. The zero-order valence-corrected chi connectivity index (χ0v) is 23.9. The van der Waals surface area contributed by atoms with Gasteiger partial charge in [-0.25, -0.2) is 15.0 Å². The second-order valence-electron chi connectivity index (χ2n) is 10.3. The van der Waals surface area contributed by atoms with Gasteiger partial charge in [-0.1, -0.05) is 36.4 Å². The van der Waals surface area contributed by atoms with Crippen molar-refractivity contribution < 1.29 is 9.47 Å². The number of aromatic nitrogens is 6. The molecule has 4 aromatic carbocycles. The van der Waals surface area contributed by atoms with E-state index in [9.17, 15) is 0 Å². The fraction of sp³-hybridized carbons (Fsp3) is 0. The quantitative estimate of drug-likeness (QED) is 0.185. The van der Waals surface area contributed by atoms with E-state index < -0.39 is 0 Å². The van der Waals surface area contributed by atoms with Crippen molar-refractivity contribution in [3.8, 4) is 51.5 Å². The average molecular weight is 585 g/mol. The molecule has 8 nitrogen and oxygen atoms in total. The monoisotopic (exact) mass is 584 g/mol. The molecule has 45 heavy (non-hydrogen) atoms. The number of rotatable bonds is 7. The Morgan fingerprint density at radius 2 is 0.956 bits per heavy atom. The zero-order chi connectivity index (χ0) is 30.0. The van der Waals surface area contributed by atoms with Crippen LogP contribution in [0.1, 0.15) is 0 Å². The lowest BCUT2D eigenvalue weighted by Crippen LogP contribution is -2.01. The lowest BCUT2D eigenvalue weighted by atomic mass is 10.1. The molecule has 0 spiro atoms. The molecule has 8 heteroatoms. The summed E-state index contributed by atoms with van der Waals surface area (Å²) < 4.78 is 14.7. The van der Waals surface area contributed by atoms with E-state index in [1.807, 2.05) is 114 Å². The molecule has 4 aromatic heterocycles. The van der Waals surface area contributed by atoms with Crippen molar-refractivity contribution in [2.24, 2.45) is 0 Å². The van der Waals surface area contributed by atoms with Crippen LogP contribution in [0.25, 0.3) is 50.3 Å². The first-order chi connectivity index (χ1) is 22.3. The molecule has 8 rings (SSSR count). The van der Waals surface area contributed by atoms with E-state index in [4.69, 9.17) is 9.47 Å². The first-order valence-corrected chi connectivity index (χ1v) is 14.4. The van der Waals surface area contributed by atoms with Crippen LogP contribution in [0.3, 0.4) is 0 Å². The van der Waals surface area contributed by atoms with Crippen molar-refractivity contribution in [1.82, 2.24) is 29.5 Å². The molecule has 0 saturated carbocycles. The van der Waals surface area contributed by atoms with Gasteiger partial charge in [0.1, 0.15) is 35.7 Å². The highest BCUT2D eigenvalue weighted by Crippen LogP contribution is 2.37. The Kier molecular flexibility index (Phi) is 6.62. The van der Waals surface area contributed by atoms with Crippen molar-refractivity contribution >= 4 is 21.8 Å². The van der Waals surface area contributed by atoms with Crippen LogP contribution in [0.15, 0.2) is 146 Å². The van der Waals surface area contributed by atoms with Gasteiger partial charge >= 0.3 is 0 Å². The highest BCUT2D eigenvalue weighted by Gasteiger charge is 2.17. The third-order valence-corrected chi connectivity index (χ3v) is 7.45. The lowest BCUT2D eigenvalue weighted by molar-refractivity contribution is 0.483. The third kappa shape index (κ3) is 5.21. The average Bonchev–Trinajstić information content (AvgIpc) is 3.42. The molecule has 0 atom stereocenters. The predicted octanol–water partition coefficient (Wildman–Crippen LogP) is 8.68. The molecule has 0 aliphatic heterocycles. The van der Waals surface area contributed by atoms with Gasteiger partial charge in [-0.15, -0.1) is 0 Å². The van der Waals surface area contributed by atoms with Gasteiger partial charge in [0.2, 0.25) is 5.95 Å². The predicted molar refractivity (Wildman–Crippen MR) is 174 cm³/mol. The molecule has 0 fully saturated rings. The minimum atomic E-state index is 0.494. The normalized spacial score (nSPS) is 11.1. The summed E-state index contributed by atoms with van der Waals surface area (Å²) in [5, 5.41) is 2.06. The number of fused-ring (bicyclic) bond motifs is 3. The topological polar surface area (TPSA) is 87.8 Å². The second-order valence-corrected chi connectivity index (χ2v) is 10.3. The number of pyridine rings is 2. The summed E-state index contributed by atoms with van der Waals surface area (Å²) in [6.07, 6.45) is 6.55. The molecule has 8 aromatic rings. The van der Waals surface area contributed by atoms with E-state index in [-0.39, 0.29) is 0 Å². The molecular formula is C37H24N6O2. The van der Waals surface area contributed by atoms with Gasteiger partial charge in [-0.05, 0) is 72.8 Å². The van der Waals surface area contributed by atoms with E-state index in [1.54, 1.807) is 12.4 Å². The molecule has 0 unspecified atom stereocenters. The maximum atomic E-state index is 6.36. The summed E-state index contributed by atoms with van der Waals surface area (Å²) in [5.41, 5.74) is 5.51. The molecule has 0 radical (unpaired) electrons. The van der Waals surface area contributed by atoms with E-state index in [0.717, 1.165) is 44.3 Å². The zero-order valence-electron chi connectivity index (χ0n) is 23.9. The molecule has 0 amide bonds. The highest BCUT2D eigenvalue weighted by molar-refractivity contribution is 6.09. The molecule has 0 bridgehead atoms. The Morgan fingerprint density at radius 1 is 0.444 bits per heavy atom. The molecule has 0 saturated heterocycles.